The summed E-state index contributed by atoms with van der Waals surface area (Å²) in [5, 5.41) is 16.3. The molecule has 0 aliphatic heterocycles. The normalized spacial score (nSPS) is 18.3. The number of imidazole rings is 1. The zero-order valence-corrected chi connectivity index (χ0v) is 20.8. The van der Waals surface area contributed by atoms with Crippen LogP contribution in [-0.4, -0.2) is 55.8 Å². The van der Waals surface area contributed by atoms with Gasteiger partial charge in [-0.15, -0.1) is 5.10 Å². The highest BCUT2D eigenvalue weighted by molar-refractivity contribution is 5.89. The summed E-state index contributed by atoms with van der Waals surface area (Å²) in [5.74, 6) is -0.462. The van der Waals surface area contributed by atoms with E-state index in [2.05, 4.69) is 30.8 Å². The second kappa shape index (κ2) is 10.8. The van der Waals surface area contributed by atoms with Gasteiger partial charge < -0.3 is 19.8 Å². The summed E-state index contributed by atoms with van der Waals surface area (Å²) in [7, 11) is 1.35. The molecule has 0 amide bonds. The van der Waals surface area contributed by atoms with Crippen molar-refractivity contribution in [2.45, 2.75) is 44.7 Å². The SMILES string of the molecule is CCOC(=O)C1CCCCC1n1nnnc1C(Nc1ccc2nc[nH]c2c1)c1cccc(C(=O)OC)c1. The second-order valence-electron chi connectivity index (χ2n) is 9.02. The monoisotopic (exact) mass is 503 g/mol. The van der Waals surface area contributed by atoms with Crippen LogP contribution in [0.15, 0.2) is 48.8 Å². The summed E-state index contributed by atoms with van der Waals surface area (Å²) >= 11 is 0. The minimum Gasteiger partial charge on any atom is -0.466 e. The molecule has 4 aromatic rings. The molecule has 1 fully saturated rings. The van der Waals surface area contributed by atoms with E-state index in [9.17, 15) is 9.59 Å². The van der Waals surface area contributed by atoms with Crippen LogP contribution in [0, 0.1) is 5.92 Å². The van der Waals surface area contributed by atoms with Gasteiger partial charge in [0, 0.05) is 5.69 Å². The number of methoxy groups -OCH3 is 1. The lowest BCUT2D eigenvalue weighted by Crippen LogP contribution is -2.33. The molecule has 2 aromatic carbocycles. The van der Waals surface area contributed by atoms with Crippen molar-refractivity contribution < 1.29 is 19.1 Å². The highest BCUT2D eigenvalue weighted by atomic mass is 16.5. The molecule has 1 aliphatic carbocycles. The first-order valence-electron chi connectivity index (χ1n) is 12.4. The third-order valence-electron chi connectivity index (χ3n) is 6.78. The van der Waals surface area contributed by atoms with Crippen molar-refractivity contribution in [3.63, 3.8) is 0 Å². The first kappa shape index (κ1) is 24.4. The molecule has 1 saturated carbocycles. The molecule has 1 aliphatic rings. The van der Waals surface area contributed by atoms with Gasteiger partial charge in [-0.2, -0.15) is 0 Å². The van der Waals surface area contributed by atoms with Crippen molar-refractivity contribution in [2.75, 3.05) is 19.0 Å². The lowest BCUT2D eigenvalue weighted by atomic mass is 9.84. The second-order valence-corrected chi connectivity index (χ2v) is 9.02. The van der Waals surface area contributed by atoms with Gasteiger partial charge in [-0.1, -0.05) is 25.0 Å². The van der Waals surface area contributed by atoms with Gasteiger partial charge in [-0.25, -0.2) is 14.5 Å². The number of nitrogens with zero attached hydrogens (tertiary/aromatic N) is 5. The number of benzene rings is 2. The third-order valence-corrected chi connectivity index (χ3v) is 6.78. The fraction of sp³-hybridized carbons (Fsp3) is 0.385. The maximum Gasteiger partial charge on any atom is 0.337 e. The average Bonchev–Trinajstić information content (AvgIpc) is 3.61. The highest BCUT2D eigenvalue weighted by Gasteiger charge is 2.37. The number of ether oxygens (including phenoxy) is 2. The fourth-order valence-corrected chi connectivity index (χ4v) is 5.01. The molecule has 0 saturated heterocycles. The maximum absolute atomic E-state index is 12.8. The number of anilines is 1. The smallest absolute Gasteiger partial charge is 0.337 e. The minimum atomic E-state index is -0.523. The molecule has 0 bridgehead atoms. The number of aromatic amines is 1. The van der Waals surface area contributed by atoms with E-state index in [-0.39, 0.29) is 17.9 Å². The van der Waals surface area contributed by atoms with Crippen molar-refractivity contribution >= 4 is 28.7 Å². The number of esters is 2. The Morgan fingerprint density at radius 1 is 1.19 bits per heavy atom. The van der Waals surface area contributed by atoms with Crippen LogP contribution < -0.4 is 5.32 Å². The molecule has 2 aromatic heterocycles. The summed E-state index contributed by atoms with van der Waals surface area (Å²) < 4.78 is 12.1. The van der Waals surface area contributed by atoms with Crippen LogP contribution in [0.5, 0.6) is 0 Å². The Labute approximate surface area is 213 Å². The van der Waals surface area contributed by atoms with Crippen LogP contribution in [0.1, 0.15) is 66.4 Å². The number of hydrogen-bond acceptors (Lipinski definition) is 9. The minimum absolute atomic E-state index is 0.226. The lowest BCUT2D eigenvalue weighted by Gasteiger charge is -2.31. The maximum atomic E-state index is 12.8. The van der Waals surface area contributed by atoms with E-state index >= 15 is 0 Å². The van der Waals surface area contributed by atoms with Crippen molar-refractivity contribution in [3.05, 3.63) is 65.7 Å². The van der Waals surface area contributed by atoms with Gasteiger partial charge in [0.15, 0.2) is 5.82 Å². The van der Waals surface area contributed by atoms with Crippen LogP contribution in [0.3, 0.4) is 0 Å². The van der Waals surface area contributed by atoms with Crippen molar-refractivity contribution in [2.24, 2.45) is 5.92 Å². The zero-order chi connectivity index (χ0) is 25.8. The summed E-state index contributed by atoms with van der Waals surface area (Å²) in [5.41, 5.74) is 3.72. The Bertz CT molecular complexity index is 1400. The molecule has 192 valence electrons. The summed E-state index contributed by atoms with van der Waals surface area (Å²) in [4.78, 5) is 32.5. The Morgan fingerprint density at radius 3 is 2.89 bits per heavy atom. The molecule has 37 heavy (non-hydrogen) atoms. The number of fused-ring (bicyclic) bond motifs is 1. The van der Waals surface area contributed by atoms with E-state index in [1.165, 1.54) is 7.11 Å². The number of hydrogen-bond donors (Lipinski definition) is 2. The Hall–Kier alpha value is -4.28. The van der Waals surface area contributed by atoms with Gasteiger partial charge in [0.2, 0.25) is 0 Å². The van der Waals surface area contributed by atoms with Crippen LogP contribution >= 0.6 is 0 Å². The van der Waals surface area contributed by atoms with Crippen LogP contribution in [-0.2, 0) is 14.3 Å². The quantitative estimate of drug-likeness (QED) is 0.344. The number of H-pyrrole nitrogens is 1. The van der Waals surface area contributed by atoms with Crippen LogP contribution in [0.4, 0.5) is 5.69 Å². The molecular weight excluding hydrogens is 474 g/mol. The van der Waals surface area contributed by atoms with E-state index in [0.29, 0.717) is 18.0 Å². The van der Waals surface area contributed by atoms with E-state index < -0.39 is 12.0 Å². The van der Waals surface area contributed by atoms with Gasteiger partial charge in [-0.3, -0.25) is 4.79 Å². The molecule has 3 unspecified atom stereocenters. The molecule has 0 radical (unpaired) electrons. The van der Waals surface area contributed by atoms with E-state index in [1.807, 2.05) is 31.2 Å². The molecule has 2 heterocycles. The van der Waals surface area contributed by atoms with Gasteiger partial charge in [0.25, 0.3) is 0 Å². The van der Waals surface area contributed by atoms with Crippen molar-refractivity contribution in [1.82, 2.24) is 30.2 Å². The highest BCUT2D eigenvalue weighted by Crippen LogP contribution is 2.37. The number of carbonyl (C=O) groups excluding carboxylic acids is 2. The zero-order valence-electron chi connectivity index (χ0n) is 20.8. The Kier molecular flexibility index (Phi) is 7.11. The number of nitrogens with one attached hydrogen (secondary N) is 2. The molecule has 2 N–H and O–H groups in total. The van der Waals surface area contributed by atoms with Gasteiger partial charge >= 0.3 is 11.9 Å². The predicted octanol–water partition coefficient (Wildman–Crippen LogP) is 3.83. The van der Waals surface area contributed by atoms with Crippen molar-refractivity contribution in [3.8, 4) is 0 Å². The average molecular weight is 504 g/mol. The van der Waals surface area contributed by atoms with Gasteiger partial charge in [0.05, 0.1) is 48.6 Å². The Balaban J connectivity index is 1.57. The standard InChI is InChI=1S/C26H29N7O4/c1-3-37-26(35)19-9-4-5-10-22(19)33-24(30-31-32-33)23(16-7-6-8-17(13-16)25(34)36-2)29-18-11-12-20-21(14-18)28-15-27-20/h6-8,11-15,19,22-23,29H,3-5,9-10H2,1-2H3,(H,27,28). The fourth-order valence-electron chi connectivity index (χ4n) is 5.01. The van der Waals surface area contributed by atoms with Crippen LogP contribution in [0.25, 0.3) is 11.0 Å². The van der Waals surface area contributed by atoms with Crippen LogP contribution in [0.2, 0.25) is 0 Å². The molecule has 5 rings (SSSR count). The topological polar surface area (TPSA) is 137 Å². The lowest BCUT2D eigenvalue weighted by molar-refractivity contribution is -0.151. The van der Waals surface area contributed by atoms with E-state index in [4.69, 9.17) is 9.47 Å². The summed E-state index contributed by atoms with van der Waals surface area (Å²) in [6.45, 7) is 2.13. The van der Waals surface area contributed by atoms with E-state index in [1.54, 1.807) is 29.2 Å². The van der Waals surface area contributed by atoms with Gasteiger partial charge in [-0.05, 0) is 66.1 Å². The number of aromatic nitrogens is 6. The number of carbonyl (C=O) groups is 2. The molecule has 11 nitrogen and oxygen atoms in total. The largest absolute Gasteiger partial charge is 0.466 e. The summed E-state index contributed by atoms with van der Waals surface area (Å²) in [6.07, 6.45) is 5.04. The predicted molar refractivity (Wildman–Crippen MR) is 135 cm³/mol. The first-order chi connectivity index (χ1) is 18.1. The van der Waals surface area contributed by atoms with Crippen molar-refractivity contribution in [1.29, 1.82) is 0 Å². The summed E-state index contributed by atoms with van der Waals surface area (Å²) in [6, 6.07) is 12.2. The number of rotatable bonds is 8. The number of tetrazole rings is 1. The molecule has 11 heteroatoms. The molecule has 0 spiro atoms. The van der Waals surface area contributed by atoms with Gasteiger partial charge in [0.1, 0.15) is 6.04 Å². The van der Waals surface area contributed by atoms with E-state index in [0.717, 1.165) is 48.0 Å². The third kappa shape index (κ3) is 5.02. The molecular formula is C26H29N7O4. The Morgan fingerprint density at radius 2 is 2.05 bits per heavy atom. The first-order valence-corrected chi connectivity index (χ1v) is 12.4. The molecule has 3 atom stereocenters.